The van der Waals surface area contributed by atoms with E-state index in [-0.39, 0.29) is 11.8 Å². The fourth-order valence-electron chi connectivity index (χ4n) is 1.50. The second-order valence-electron chi connectivity index (χ2n) is 3.88. The molecule has 0 saturated heterocycles. The van der Waals surface area contributed by atoms with Crippen LogP contribution in [0.5, 0.6) is 0 Å². The number of nitrogens with one attached hydrogen (secondary N) is 2. The van der Waals surface area contributed by atoms with E-state index >= 15 is 0 Å². The van der Waals surface area contributed by atoms with E-state index in [1.807, 2.05) is 35.8 Å². The van der Waals surface area contributed by atoms with Gasteiger partial charge in [-0.2, -0.15) is 4.98 Å². The number of hydrazine groups is 1. The number of hydrogen-bond donors (Lipinski definition) is 4. The molecular formula is C11H13N7O2. The zero-order chi connectivity index (χ0) is 14.5. The fourth-order valence-corrected chi connectivity index (χ4v) is 1.50. The first kappa shape index (κ1) is 13.3. The Kier molecular flexibility index (Phi) is 3.80. The number of primary amides is 1. The van der Waals surface area contributed by atoms with Gasteiger partial charge in [-0.25, -0.2) is 9.48 Å². The summed E-state index contributed by atoms with van der Waals surface area (Å²) in [5.74, 6) is -0.197. The molecule has 0 atom stereocenters. The third-order valence-electron chi connectivity index (χ3n) is 2.38. The molecule has 20 heavy (non-hydrogen) atoms. The van der Waals surface area contributed by atoms with Crippen LogP contribution in [-0.2, 0) is 6.54 Å². The van der Waals surface area contributed by atoms with Gasteiger partial charge >= 0.3 is 11.6 Å². The molecule has 0 radical (unpaired) electrons. The molecule has 104 valence electrons. The normalized spacial score (nSPS) is 10.0. The minimum atomic E-state index is -0.849. The lowest BCUT2D eigenvalue weighted by atomic mass is 10.2. The molecule has 6 N–H and O–H groups in total. The van der Waals surface area contributed by atoms with Gasteiger partial charge in [-0.05, 0) is 5.56 Å². The van der Waals surface area contributed by atoms with Crippen molar-refractivity contribution in [2.75, 3.05) is 11.2 Å². The fraction of sp³-hybridized carbons (Fsp3) is 0.0909. The zero-order valence-electron chi connectivity index (χ0n) is 10.4. The number of nitrogen functional groups attached to an aromatic ring is 1. The van der Waals surface area contributed by atoms with Crippen LogP contribution in [0, 0.1) is 0 Å². The Hall–Kier alpha value is -3.10. The van der Waals surface area contributed by atoms with E-state index in [9.17, 15) is 9.59 Å². The van der Waals surface area contributed by atoms with Crippen LogP contribution < -0.4 is 27.9 Å². The van der Waals surface area contributed by atoms with Gasteiger partial charge in [0.1, 0.15) is 0 Å². The zero-order valence-corrected chi connectivity index (χ0v) is 10.4. The van der Waals surface area contributed by atoms with Crippen molar-refractivity contribution in [3.63, 3.8) is 0 Å². The van der Waals surface area contributed by atoms with Crippen LogP contribution in [0.3, 0.4) is 0 Å². The highest BCUT2D eigenvalue weighted by Gasteiger charge is 2.08. The van der Waals surface area contributed by atoms with Crippen molar-refractivity contribution >= 4 is 17.8 Å². The van der Waals surface area contributed by atoms with Gasteiger partial charge in [-0.3, -0.25) is 15.6 Å². The molecule has 2 aromatic rings. The maximum Gasteiger partial charge on any atom is 0.330 e. The highest BCUT2D eigenvalue weighted by molar-refractivity contribution is 5.72. The summed E-state index contributed by atoms with van der Waals surface area (Å²) in [5, 5.41) is 3.97. The Morgan fingerprint density at radius 2 is 2.00 bits per heavy atom. The monoisotopic (exact) mass is 275 g/mol. The molecule has 0 aliphatic heterocycles. The van der Waals surface area contributed by atoms with Crippen molar-refractivity contribution in [3.05, 3.63) is 46.2 Å². The van der Waals surface area contributed by atoms with Gasteiger partial charge in [-0.15, -0.1) is 5.10 Å². The van der Waals surface area contributed by atoms with Crippen LogP contribution in [0.2, 0.25) is 0 Å². The van der Waals surface area contributed by atoms with Crippen LogP contribution in [0.15, 0.2) is 35.1 Å². The lowest BCUT2D eigenvalue weighted by molar-refractivity contribution is 0.250. The molecule has 2 rings (SSSR count). The number of nitrogens with two attached hydrogens (primary N) is 2. The van der Waals surface area contributed by atoms with Gasteiger partial charge in [-0.1, -0.05) is 30.3 Å². The second-order valence-corrected chi connectivity index (χ2v) is 3.88. The Morgan fingerprint density at radius 3 is 2.65 bits per heavy atom. The largest absolute Gasteiger partial charge is 0.368 e. The predicted molar refractivity (Wildman–Crippen MR) is 72.6 cm³/mol. The average Bonchev–Trinajstić information content (AvgIpc) is 2.41. The van der Waals surface area contributed by atoms with Crippen molar-refractivity contribution in [1.82, 2.24) is 20.2 Å². The van der Waals surface area contributed by atoms with Crippen LogP contribution in [0.25, 0.3) is 0 Å². The average molecular weight is 275 g/mol. The highest BCUT2D eigenvalue weighted by atomic mass is 16.2. The molecule has 0 aliphatic carbocycles. The SMILES string of the molecule is NC(=O)NNc1nn(Cc2ccccc2)c(N)nc1=O. The molecule has 0 fully saturated rings. The van der Waals surface area contributed by atoms with Crippen molar-refractivity contribution < 1.29 is 4.79 Å². The Balaban J connectivity index is 2.26. The molecule has 0 unspecified atom stereocenters. The number of benzene rings is 1. The summed E-state index contributed by atoms with van der Waals surface area (Å²) < 4.78 is 1.34. The molecular weight excluding hydrogens is 262 g/mol. The van der Waals surface area contributed by atoms with Gasteiger partial charge in [0.15, 0.2) is 0 Å². The van der Waals surface area contributed by atoms with Crippen molar-refractivity contribution in [2.24, 2.45) is 5.73 Å². The summed E-state index contributed by atoms with van der Waals surface area (Å²) in [7, 11) is 0. The van der Waals surface area contributed by atoms with Gasteiger partial charge in [0.05, 0.1) is 6.54 Å². The number of carbonyl (C=O) groups is 1. The van der Waals surface area contributed by atoms with E-state index in [1.54, 1.807) is 0 Å². The highest BCUT2D eigenvalue weighted by Crippen LogP contribution is 2.04. The first-order chi connectivity index (χ1) is 9.56. The minimum Gasteiger partial charge on any atom is -0.368 e. The van der Waals surface area contributed by atoms with Crippen LogP contribution in [-0.4, -0.2) is 20.8 Å². The van der Waals surface area contributed by atoms with Gasteiger partial charge < -0.3 is 11.5 Å². The maximum atomic E-state index is 11.5. The van der Waals surface area contributed by atoms with E-state index in [1.165, 1.54) is 4.68 Å². The summed E-state index contributed by atoms with van der Waals surface area (Å²) in [5.41, 5.74) is 15.1. The van der Waals surface area contributed by atoms with Gasteiger partial charge in [0.25, 0.3) is 0 Å². The van der Waals surface area contributed by atoms with E-state index in [0.29, 0.717) is 6.54 Å². The second kappa shape index (κ2) is 5.69. The van der Waals surface area contributed by atoms with Gasteiger partial charge in [0.2, 0.25) is 11.8 Å². The smallest absolute Gasteiger partial charge is 0.330 e. The number of anilines is 2. The van der Waals surface area contributed by atoms with E-state index in [0.717, 1.165) is 5.56 Å². The summed E-state index contributed by atoms with van der Waals surface area (Å²) in [6.07, 6.45) is 0. The number of urea groups is 1. The van der Waals surface area contributed by atoms with Crippen molar-refractivity contribution in [1.29, 1.82) is 0 Å². The summed E-state index contributed by atoms with van der Waals surface area (Å²) in [6, 6.07) is 8.54. The third-order valence-corrected chi connectivity index (χ3v) is 2.38. The van der Waals surface area contributed by atoms with Crippen LogP contribution in [0.4, 0.5) is 16.6 Å². The van der Waals surface area contributed by atoms with Crippen LogP contribution >= 0.6 is 0 Å². The quantitative estimate of drug-likeness (QED) is 0.542. The number of aromatic nitrogens is 3. The number of hydrogen-bond acceptors (Lipinski definition) is 6. The van der Waals surface area contributed by atoms with E-state index in [4.69, 9.17) is 11.5 Å². The summed E-state index contributed by atoms with van der Waals surface area (Å²) in [4.78, 5) is 25.7. The maximum absolute atomic E-state index is 11.5. The lowest BCUT2D eigenvalue weighted by Crippen LogP contribution is -2.37. The number of rotatable bonds is 4. The Labute approximate surface area is 113 Å². The summed E-state index contributed by atoms with van der Waals surface area (Å²) in [6.45, 7) is 0.338. The number of carbonyl (C=O) groups excluding carboxylic acids is 1. The third kappa shape index (κ3) is 3.22. The first-order valence-corrected chi connectivity index (χ1v) is 5.66. The molecule has 0 bridgehead atoms. The molecule has 9 heteroatoms. The van der Waals surface area contributed by atoms with Crippen LogP contribution in [0.1, 0.15) is 5.56 Å². The topological polar surface area (TPSA) is 141 Å². The lowest BCUT2D eigenvalue weighted by Gasteiger charge is -2.10. The Morgan fingerprint density at radius 1 is 1.30 bits per heavy atom. The molecule has 1 aromatic heterocycles. The standard InChI is InChI=1S/C11H13N7O2/c12-10-14-9(19)8(15-16-11(13)20)17-18(10)6-7-4-2-1-3-5-7/h1-5H,6H2,(H,15,17)(H2,12,14,19)(H3,13,16,20). The molecule has 0 saturated carbocycles. The number of nitrogens with zero attached hydrogens (tertiary/aromatic N) is 3. The molecule has 9 nitrogen and oxygen atoms in total. The molecule has 0 spiro atoms. The molecule has 2 amide bonds. The molecule has 0 aliphatic rings. The number of amides is 2. The predicted octanol–water partition coefficient (Wildman–Crippen LogP) is -0.736. The first-order valence-electron chi connectivity index (χ1n) is 5.66. The van der Waals surface area contributed by atoms with Crippen molar-refractivity contribution in [2.45, 2.75) is 6.54 Å². The summed E-state index contributed by atoms with van der Waals surface area (Å²) >= 11 is 0. The van der Waals surface area contributed by atoms with E-state index in [2.05, 4.69) is 15.5 Å². The Bertz CT molecular complexity index is 668. The van der Waals surface area contributed by atoms with Crippen molar-refractivity contribution in [3.8, 4) is 0 Å². The minimum absolute atomic E-state index is 0.0246. The van der Waals surface area contributed by atoms with E-state index < -0.39 is 11.6 Å². The molecule has 1 heterocycles. The molecule has 1 aromatic carbocycles. The van der Waals surface area contributed by atoms with Gasteiger partial charge in [0, 0.05) is 0 Å².